The molecule has 2 aliphatic heterocycles. The third-order valence-corrected chi connectivity index (χ3v) is 13.5. The van der Waals surface area contributed by atoms with E-state index in [1.807, 2.05) is 12.1 Å². The predicted molar refractivity (Wildman–Crippen MR) is 205 cm³/mol. The number of likely N-dealkylation sites (tertiary alicyclic amines) is 1. The zero-order valence-corrected chi connectivity index (χ0v) is 32.2. The van der Waals surface area contributed by atoms with Crippen molar-refractivity contribution in [1.29, 1.82) is 0 Å². The number of nitrogens with zero attached hydrogens (tertiary/aromatic N) is 1. The molecule has 4 bridgehead atoms. The van der Waals surface area contributed by atoms with Gasteiger partial charge in [0, 0.05) is 42.2 Å². The van der Waals surface area contributed by atoms with E-state index in [9.17, 15) is 14.7 Å². The van der Waals surface area contributed by atoms with Crippen LogP contribution in [0.5, 0.6) is 0 Å². The van der Waals surface area contributed by atoms with Crippen molar-refractivity contribution in [3.8, 4) is 0 Å². The zero-order valence-electron chi connectivity index (χ0n) is 32.2. The van der Waals surface area contributed by atoms with Crippen LogP contribution in [-0.2, 0) is 27.4 Å². The Morgan fingerprint density at radius 1 is 0.811 bits per heavy atom. The standard InChI is InChI=1S/C44H62N4O5/c1-43(2,3)46-40(50)38-17-16-33-6-4-5-7-37(33)48(38)26-36-21-39(34-12-10-29(27-49)11-13-34)53-41(52-36)35-14-8-28(9-15-35)25-45-42(51)47-44-22-30-18-31(23-44)20-32(19-30)24-44/h8-15,30-33,36-39,41,49H,4-7,16-27H2,1-3H3,(H,46,50)(H2,45,47,51)/t30?,31?,32?,33-,36-,37-,38-,39+,41+,44?/m1/s1. The number of piperidine rings is 1. The Kier molecular flexibility index (Phi) is 10.7. The van der Waals surface area contributed by atoms with E-state index >= 15 is 0 Å². The summed E-state index contributed by atoms with van der Waals surface area (Å²) >= 11 is 0. The fraction of sp³-hybridized carbons (Fsp3) is 0.682. The van der Waals surface area contributed by atoms with E-state index in [0.717, 1.165) is 78.5 Å². The van der Waals surface area contributed by atoms with Crippen LogP contribution in [0.3, 0.4) is 0 Å². The number of urea groups is 1. The lowest BCUT2D eigenvalue weighted by Gasteiger charge is -2.56. The molecular weight excluding hydrogens is 665 g/mol. The lowest BCUT2D eigenvalue weighted by Crippen LogP contribution is -2.61. The number of nitrogens with one attached hydrogen (secondary N) is 3. The number of carbonyl (C=O) groups excluding carboxylic acids is 2. The monoisotopic (exact) mass is 726 g/mol. The Labute approximate surface area is 316 Å². The zero-order chi connectivity index (χ0) is 36.7. The fourth-order valence-electron chi connectivity index (χ4n) is 11.5. The van der Waals surface area contributed by atoms with Gasteiger partial charge in [-0.25, -0.2) is 4.79 Å². The molecule has 0 radical (unpaired) electrons. The van der Waals surface area contributed by atoms with Crippen LogP contribution in [0.2, 0.25) is 0 Å². The van der Waals surface area contributed by atoms with Crippen molar-refractivity contribution in [1.82, 2.24) is 20.9 Å². The van der Waals surface area contributed by atoms with Gasteiger partial charge in [-0.2, -0.15) is 0 Å². The Balaban J connectivity index is 0.964. The summed E-state index contributed by atoms with van der Waals surface area (Å²) in [6.07, 6.45) is 14.1. The van der Waals surface area contributed by atoms with E-state index in [2.05, 4.69) is 78.0 Å². The van der Waals surface area contributed by atoms with Crippen LogP contribution < -0.4 is 16.0 Å². The molecule has 5 aliphatic carbocycles. The number of hydrogen-bond acceptors (Lipinski definition) is 6. The molecular formula is C44H62N4O5. The minimum atomic E-state index is -0.577. The highest BCUT2D eigenvalue weighted by Gasteiger charge is 2.51. The maximum Gasteiger partial charge on any atom is 0.315 e. The van der Waals surface area contributed by atoms with Crippen LogP contribution in [0.25, 0.3) is 0 Å². The molecule has 2 saturated heterocycles. The molecule has 9 rings (SSSR count). The van der Waals surface area contributed by atoms with E-state index in [4.69, 9.17) is 9.47 Å². The molecule has 5 saturated carbocycles. The summed E-state index contributed by atoms with van der Waals surface area (Å²) in [6.45, 7) is 7.30. The Bertz CT molecular complexity index is 1550. The van der Waals surface area contributed by atoms with Crippen LogP contribution in [0.1, 0.15) is 139 Å². The minimum Gasteiger partial charge on any atom is -0.392 e. The molecule has 288 valence electrons. The van der Waals surface area contributed by atoms with Gasteiger partial charge in [0.25, 0.3) is 0 Å². The highest BCUT2D eigenvalue weighted by Crippen LogP contribution is 2.55. The van der Waals surface area contributed by atoms with Gasteiger partial charge in [-0.1, -0.05) is 61.4 Å². The summed E-state index contributed by atoms with van der Waals surface area (Å²) in [4.78, 5) is 29.4. The average molecular weight is 727 g/mol. The Morgan fingerprint density at radius 2 is 1.45 bits per heavy atom. The summed E-state index contributed by atoms with van der Waals surface area (Å²) in [5.41, 5.74) is 3.59. The first-order valence-corrected chi connectivity index (χ1v) is 20.7. The third-order valence-electron chi connectivity index (χ3n) is 13.5. The summed E-state index contributed by atoms with van der Waals surface area (Å²) in [7, 11) is 0. The Morgan fingerprint density at radius 3 is 2.11 bits per heavy atom. The van der Waals surface area contributed by atoms with Crippen LogP contribution in [0.4, 0.5) is 4.79 Å². The van der Waals surface area contributed by atoms with E-state index in [-0.39, 0.29) is 47.9 Å². The van der Waals surface area contributed by atoms with Crippen LogP contribution in [-0.4, -0.2) is 57.8 Å². The van der Waals surface area contributed by atoms with E-state index in [1.54, 1.807) is 0 Å². The minimum absolute atomic E-state index is 0.000825. The molecule has 6 atom stereocenters. The number of carbonyl (C=O) groups is 2. The third kappa shape index (κ3) is 8.48. The van der Waals surface area contributed by atoms with Crippen molar-refractivity contribution < 1.29 is 24.2 Å². The highest BCUT2D eigenvalue weighted by atomic mass is 16.7. The number of aliphatic hydroxyl groups excluding tert-OH is 1. The average Bonchev–Trinajstić information content (AvgIpc) is 3.13. The first-order chi connectivity index (χ1) is 25.5. The number of aliphatic hydroxyl groups is 1. The maximum atomic E-state index is 13.8. The number of amides is 3. The van der Waals surface area contributed by atoms with Crippen molar-refractivity contribution in [3.63, 3.8) is 0 Å². The van der Waals surface area contributed by atoms with Crippen molar-refractivity contribution in [2.45, 2.75) is 159 Å². The molecule has 0 aromatic heterocycles. The summed E-state index contributed by atoms with van der Waals surface area (Å²) in [5.74, 6) is 3.11. The Hall–Kier alpha value is -2.98. The summed E-state index contributed by atoms with van der Waals surface area (Å²) in [5, 5.41) is 19.5. The van der Waals surface area contributed by atoms with Gasteiger partial charge in [0.2, 0.25) is 5.91 Å². The molecule has 0 unspecified atom stereocenters. The molecule has 4 N–H and O–H groups in total. The molecule has 9 heteroatoms. The lowest BCUT2D eigenvalue weighted by molar-refractivity contribution is -0.255. The van der Waals surface area contributed by atoms with Gasteiger partial charge in [-0.3, -0.25) is 9.69 Å². The van der Waals surface area contributed by atoms with E-state index in [0.29, 0.717) is 31.5 Å². The SMILES string of the molecule is CC(C)(C)NC(=O)[C@H]1CC[C@H]2CCCC[C@H]2N1C[C@H]1C[C@@H](c2ccc(CO)cc2)O[C@@H](c2ccc(CNC(=O)NC34CC5CC(CC(C5)C3)C4)cc2)O1. The first-order valence-electron chi connectivity index (χ1n) is 20.7. The van der Waals surface area contributed by atoms with Gasteiger partial charge in [0.15, 0.2) is 6.29 Å². The van der Waals surface area contributed by atoms with Gasteiger partial charge in [-0.15, -0.1) is 0 Å². The van der Waals surface area contributed by atoms with Gasteiger partial charge in [0.1, 0.15) is 0 Å². The number of rotatable bonds is 9. The van der Waals surface area contributed by atoms with Gasteiger partial charge < -0.3 is 30.5 Å². The fourth-order valence-corrected chi connectivity index (χ4v) is 11.5. The number of ether oxygens (including phenoxy) is 2. The molecule has 53 heavy (non-hydrogen) atoms. The largest absolute Gasteiger partial charge is 0.392 e. The second-order valence-corrected chi connectivity index (χ2v) is 18.7. The van der Waals surface area contributed by atoms with Crippen LogP contribution in [0.15, 0.2) is 48.5 Å². The molecule has 2 aromatic rings. The van der Waals surface area contributed by atoms with Crippen molar-refractivity contribution in [3.05, 3.63) is 70.8 Å². The summed E-state index contributed by atoms with van der Waals surface area (Å²) in [6, 6.07) is 16.4. The lowest BCUT2D eigenvalue weighted by atomic mass is 9.53. The van der Waals surface area contributed by atoms with Gasteiger partial charge in [0.05, 0.1) is 24.9 Å². The number of benzene rings is 2. The molecule has 0 spiro atoms. The second kappa shape index (κ2) is 15.3. The van der Waals surface area contributed by atoms with E-state index < -0.39 is 6.29 Å². The second-order valence-electron chi connectivity index (χ2n) is 18.7. The van der Waals surface area contributed by atoms with E-state index in [1.165, 1.54) is 38.5 Å². The topological polar surface area (TPSA) is 112 Å². The molecule has 9 nitrogen and oxygen atoms in total. The maximum absolute atomic E-state index is 13.8. The number of hydrogen-bond donors (Lipinski definition) is 4. The molecule has 7 fully saturated rings. The highest BCUT2D eigenvalue weighted by molar-refractivity contribution is 5.82. The number of fused-ring (bicyclic) bond motifs is 1. The molecule has 7 aliphatic rings. The first kappa shape index (κ1) is 37.0. The normalized spacial score (nSPS) is 35.4. The molecule has 3 amide bonds. The van der Waals surface area contributed by atoms with Crippen molar-refractivity contribution in [2.75, 3.05) is 6.54 Å². The van der Waals surface area contributed by atoms with Crippen molar-refractivity contribution >= 4 is 11.9 Å². The van der Waals surface area contributed by atoms with Crippen LogP contribution >= 0.6 is 0 Å². The van der Waals surface area contributed by atoms with Crippen LogP contribution in [0, 0.1) is 23.7 Å². The van der Waals surface area contributed by atoms with Gasteiger partial charge in [-0.05, 0) is 125 Å². The molecule has 2 heterocycles. The predicted octanol–water partition coefficient (Wildman–Crippen LogP) is 7.43. The smallest absolute Gasteiger partial charge is 0.315 e. The van der Waals surface area contributed by atoms with Crippen molar-refractivity contribution in [2.24, 2.45) is 23.7 Å². The quantitative estimate of drug-likeness (QED) is 0.214. The molecule has 2 aromatic carbocycles. The van der Waals surface area contributed by atoms with Gasteiger partial charge >= 0.3 is 6.03 Å². The summed E-state index contributed by atoms with van der Waals surface area (Å²) < 4.78 is 13.5.